The molecule has 10 heavy (non-hydrogen) atoms. The highest BCUT2D eigenvalue weighted by Gasteiger charge is 1.91. The van der Waals surface area contributed by atoms with E-state index in [1.807, 2.05) is 6.07 Å². The summed E-state index contributed by atoms with van der Waals surface area (Å²) in [6.45, 7) is 2.26. The van der Waals surface area contributed by atoms with Crippen LogP contribution in [0, 0.1) is 0 Å². The Hall–Kier alpha value is -0.380. The van der Waals surface area contributed by atoms with Crippen molar-refractivity contribution < 1.29 is 0 Å². The molecule has 0 saturated carbocycles. The Bertz CT molecular complexity index is 160. The molecule has 0 unspecified atom stereocenters. The highest BCUT2D eigenvalue weighted by molar-refractivity contribution is 7.09. The second kappa shape index (κ2) is 4.44. The van der Waals surface area contributed by atoms with E-state index in [0.717, 1.165) is 13.1 Å². The van der Waals surface area contributed by atoms with E-state index in [4.69, 9.17) is 5.73 Å². The average molecular weight is 155 g/mol. The molecule has 0 bridgehead atoms. The van der Waals surface area contributed by atoms with Crippen LogP contribution in [-0.4, -0.2) is 13.1 Å². The van der Waals surface area contributed by atoms with Crippen LogP contribution in [0.3, 0.4) is 0 Å². The maximum Gasteiger partial charge on any atom is 0.0478 e. The normalized spacial score (nSPS) is 10.1. The summed E-state index contributed by atoms with van der Waals surface area (Å²) in [7, 11) is 0. The molecule has 3 heteroatoms. The van der Waals surface area contributed by atoms with Crippen molar-refractivity contribution >= 4 is 11.3 Å². The van der Waals surface area contributed by atoms with E-state index in [1.165, 1.54) is 4.88 Å². The van der Waals surface area contributed by atoms with Crippen LogP contribution < -0.4 is 11.1 Å². The van der Waals surface area contributed by atoms with Gasteiger partial charge in [0.1, 0.15) is 0 Å². The predicted octanol–water partition coefficient (Wildman–Crippen LogP) is 0.811. The van der Waals surface area contributed by atoms with Crippen molar-refractivity contribution in [1.29, 1.82) is 0 Å². The van der Waals surface area contributed by atoms with Crippen molar-refractivity contribution in [2.75, 3.05) is 13.1 Å². The van der Waals surface area contributed by atoms with Gasteiger partial charge in [0.15, 0.2) is 0 Å². The Morgan fingerprint density at radius 3 is 3.10 bits per heavy atom. The van der Waals surface area contributed by atoms with Crippen LogP contribution in [0.15, 0.2) is 17.5 Å². The van der Waals surface area contributed by atoms with Gasteiger partial charge in [0.2, 0.25) is 0 Å². The summed E-state index contributed by atoms with van der Waals surface area (Å²) in [4.78, 5) is 1.31. The van der Waals surface area contributed by atoms with Crippen LogP contribution in [-0.2, 0) is 6.54 Å². The first-order valence-electron chi connectivity index (χ1n) is 3.29. The summed E-state index contributed by atoms with van der Waals surface area (Å²) in [6.07, 6.45) is 0. The van der Waals surface area contributed by atoms with E-state index < -0.39 is 0 Å². The SMILES string of the molecule is NCC[N]Cc1cccs1. The number of hydrogen-bond donors (Lipinski definition) is 1. The molecular formula is C7H11N2S. The Morgan fingerprint density at radius 2 is 2.50 bits per heavy atom. The molecule has 0 atom stereocenters. The van der Waals surface area contributed by atoms with Crippen molar-refractivity contribution in [3.63, 3.8) is 0 Å². The highest BCUT2D eigenvalue weighted by Crippen LogP contribution is 2.07. The van der Waals surface area contributed by atoms with Gasteiger partial charge in [0.25, 0.3) is 0 Å². The van der Waals surface area contributed by atoms with Crippen molar-refractivity contribution in [3.05, 3.63) is 22.4 Å². The molecular weight excluding hydrogens is 144 g/mol. The lowest BCUT2D eigenvalue weighted by molar-refractivity contribution is 0.686. The quantitative estimate of drug-likeness (QED) is 0.642. The third kappa shape index (κ3) is 2.47. The number of hydrogen-bond acceptors (Lipinski definition) is 2. The van der Waals surface area contributed by atoms with Crippen LogP contribution in [0.2, 0.25) is 0 Å². The fourth-order valence-corrected chi connectivity index (χ4v) is 1.34. The van der Waals surface area contributed by atoms with Gasteiger partial charge >= 0.3 is 0 Å². The summed E-state index contributed by atoms with van der Waals surface area (Å²) < 4.78 is 0. The molecule has 55 valence electrons. The zero-order chi connectivity index (χ0) is 7.23. The second-order valence-corrected chi connectivity index (χ2v) is 3.01. The molecule has 0 aromatic carbocycles. The van der Waals surface area contributed by atoms with Gasteiger partial charge in [-0.15, -0.1) is 11.3 Å². The molecule has 2 N–H and O–H groups in total. The van der Waals surface area contributed by atoms with E-state index in [2.05, 4.69) is 16.8 Å². The lowest BCUT2D eigenvalue weighted by Gasteiger charge is -1.95. The van der Waals surface area contributed by atoms with E-state index in [9.17, 15) is 0 Å². The summed E-state index contributed by atoms with van der Waals surface area (Å²) in [6, 6.07) is 4.13. The van der Waals surface area contributed by atoms with Gasteiger partial charge in [-0.3, -0.25) is 0 Å². The summed E-state index contributed by atoms with van der Waals surface area (Å²) in [5.41, 5.74) is 5.28. The molecule has 0 aliphatic carbocycles. The maximum atomic E-state index is 5.28. The summed E-state index contributed by atoms with van der Waals surface area (Å²) in [5, 5.41) is 6.28. The lowest BCUT2D eigenvalue weighted by atomic mass is 10.4. The number of nitrogens with two attached hydrogens (primary N) is 1. The molecule has 2 nitrogen and oxygen atoms in total. The van der Waals surface area contributed by atoms with Crippen molar-refractivity contribution in [2.24, 2.45) is 5.73 Å². The van der Waals surface area contributed by atoms with Crippen molar-refractivity contribution in [3.8, 4) is 0 Å². The van der Waals surface area contributed by atoms with Crippen LogP contribution in [0.4, 0.5) is 0 Å². The van der Waals surface area contributed by atoms with Gasteiger partial charge in [-0.05, 0) is 11.4 Å². The Morgan fingerprint density at radius 1 is 1.60 bits per heavy atom. The monoisotopic (exact) mass is 155 g/mol. The minimum absolute atomic E-state index is 0.658. The smallest absolute Gasteiger partial charge is 0.0478 e. The van der Waals surface area contributed by atoms with Crippen LogP contribution in [0.5, 0.6) is 0 Å². The Kier molecular flexibility index (Phi) is 3.43. The molecule has 1 heterocycles. The van der Waals surface area contributed by atoms with Gasteiger partial charge in [0, 0.05) is 24.5 Å². The van der Waals surface area contributed by atoms with Crippen molar-refractivity contribution in [2.45, 2.75) is 6.54 Å². The summed E-state index contributed by atoms with van der Waals surface area (Å²) >= 11 is 1.74. The number of rotatable bonds is 4. The zero-order valence-corrected chi connectivity index (χ0v) is 6.60. The molecule has 1 radical (unpaired) electrons. The largest absolute Gasteiger partial charge is 0.329 e. The topological polar surface area (TPSA) is 40.1 Å². The van der Waals surface area contributed by atoms with E-state index in [1.54, 1.807) is 11.3 Å². The highest BCUT2D eigenvalue weighted by atomic mass is 32.1. The molecule has 0 saturated heterocycles. The minimum Gasteiger partial charge on any atom is -0.329 e. The first kappa shape index (κ1) is 7.72. The number of nitrogens with zero attached hydrogens (tertiary/aromatic N) is 1. The van der Waals surface area contributed by atoms with Crippen molar-refractivity contribution in [1.82, 2.24) is 5.32 Å². The maximum absolute atomic E-state index is 5.28. The zero-order valence-electron chi connectivity index (χ0n) is 5.79. The lowest BCUT2D eigenvalue weighted by Crippen LogP contribution is -2.15. The van der Waals surface area contributed by atoms with Gasteiger partial charge in [-0.2, -0.15) is 0 Å². The average Bonchev–Trinajstić information content (AvgIpc) is 2.41. The molecule has 0 spiro atoms. The first-order valence-corrected chi connectivity index (χ1v) is 4.17. The number of thiophene rings is 1. The fourth-order valence-electron chi connectivity index (χ4n) is 0.683. The molecule has 1 aromatic heterocycles. The van der Waals surface area contributed by atoms with E-state index in [0.29, 0.717) is 6.54 Å². The van der Waals surface area contributed by atoms with Gasteiger partial charge in [-0.1, -0.05) is 6.07 Å². The molecule has 1 aromatic rings. The van der Waals surface area contributed by atoms with Gasteiger partial charge < -0.3 is 5.73 Å². The standard InChI is InChI=1S/C7H11N2S/c8-3-4-9-6-7-2-1-5-10-7/h1-2,5H,3-4,6,8H2. The Balaban J connectivity index is 2.15. The Labute approximate surface area is 65.1 Å². The predicted molar refractivity (Wildman–Crippen MR) is 44.1 cm³/mol. The second-order valence-electron chi connectivity index (χ2n) is 1.97. The van der Waals surface area contributed by atoms with E-state index >= 15 is 0 Å². The van der Waals surface area contributed by atoms with Crippen LogP contribution in [0.1, 0.15) is 4.88 Å². The fraction of sp³-hybridized carbons (Fsp3) is 0.429. The third-order valence-corrected chi connectivity index (χ3v) is 2.00. The van der Waals surface area contributed by atoms with Crippen LogP contribution in [0.25, 0.3) is 0 Å². The molecule has 0 fully saturated rings. The molecule has 0 aliphatic heterocycles. The van der Waals surface area contributed by atoms with Gasteiger partial charge in [-0.25, -0.2) is 5.32 Å². The third-order valence-electron chi connectivity index (χ3n) is 1.13. The molecule has 0 amide bonds. The van der Waals surface area contributed by atoms with Crippen LogP contribution >= 0.6 is 11.3 Å². The van der Waals surface area contributed by atoms with Gasteiger partial charge in [0.05, 0.1) is 0 Å². The molecule has 0 aliphatic rings. The van der Waals surface area contributed by atoms with E-state index in [-0.39, 0.29) is 0 Å². The molecule has 1 rings (SSSR count). The first-order chi connectivity index (χ1) is 4.93. The summed E-state index contributed by atoms with van der Waals surface area (Å²) in [5.74, 6) is 0. The minimum atomic E-state index is 0.658.